The Morgan fingerprint density at radius 1 is 1.14 bits per heavy atom. The number of ether oxygens (including phenoxy) is 1. The highest BCUT2D eigenvalue weighted by Gasteiger charge is 2.14. The lowest BCUT2D eigenvalue weighted by atomic mass is 10.1. The molecule has 0 bridgehead atoms. The minimum Gasteiger partial charge on any atom is -0.484 e. The number of rotatable bonds is 9. The van der Waals surface area contributed by atoms with Gasteiger partial charge in [-0.2, -0.15) is 0 Å². The lowest BCUT2D eigenvalue weighted by molar-refractivity contribution is -0.384. The van der Waals surface area contributed by atoms with Gasteiger partial charge in [-0.1, -0.05) is 53.4 Å². The molecule has 0 spiro atoms. The number of Topliss-reactive ketones (excluding diaryl/α,β-unsaturated/α-hetero) is 1. The van der Waals surface area contributed by atoms with Crippen LogP contribution in [0.15, 0.2) is 58.9 Å². The SMILES string of the molecule is O=C(COc1ccccc1)Nc1nnc(SCC(=O)c2cccc([N+](=O)[O-])c2)s1. The molecule has 2 aromatic carbocycles. The first kappa shape index (κ1) is 20.4. The van der Waals surface area contributed by atoms with E-state index in [2.05, 4.69) is 15.5 Å². The molecule has 0 atom stereocenters. The number of carbonyl (C=O) groups is 2. The second-order valence-electron chi connectivity index (χ2n) is 5.54. The number of ketones is 1. The summed E-state index contributed by atoms with van der Waals surface area (Å²) in [5.74, 6) is -0.0262. The van der Waals surface area contributed by atoms with Gasteiger partial charge >= 0.3 is 0 Å². The van der Waals surface area contributed by atoms with Gasteiger partial charge in [-0.15, -0.1) is 10.2 Å². The molecule has 3 rings (SSSR count). The molecule has 0 saturated heterocycles. The van der Waals surface area contributed by atoms with Crippen LogP contribution in [-0.4, -0.2) is 39.2 Å². The molecule has 1 aromatic heterocycles. The second-order valence-corrected chi connectivity index (χ2v) is 7.74. The molecule has 0 aliphatic carbocycles. The van der Waals surface area contributed by atoms with E-state index in [1.807, 2.05) is 6.07 Å². The number of non-ortho nitro benzene ring substituents is 1. The van der Waals surface area contributed by atoms with Gasteiger partial charge in [0.1, 0.15) is 5.75 Å². The van der Waals surface area contributed by atoms with Crippen LogP contribution in [0.3, 0.4) is 0 Å². The summed E-state index contributed by atoms with van der Waals surface area (Å²) in [5.41, 5.74) is 0.113. The van der Waals surface area contributed by atoms with Gasteiger partial charge in [-0.25, -0.2) is 0 Å². The summed E-state index contributed by atoms with van der Waals surface area (Å²) in [6.45, 7) is -0.169. The van der Waals surface area contributed by atoms with Crippen molar-refractivity contribution in [1.29, 1.82) is 0 Å². The van der Waals surface area contributed by atoms with Crippen LogP contribution in [-0.2, 0) is 4.79 Å². The van der Waals surface area contributed by atoms with Crippen molar-refractivity contribution in [2.45, 2.75) is 4.34 Å². The fraction of sp³-hybridized carbons (Fsp3) is 0.111. The van der Waals surface area contributed by atoms with Gasteiger partial charge in [0.15, 0.2) is 16.7 Å². The lowest BCUT2D eigenvalue weighted by Crippen LogP contribution is -2.20. The zero-order chi connectivity index (χ0) is 20.6. The highest BCUT2D eigenvalue weighted by molar-refractivity contribution is 8.01. The van der Waals surface area contributed by atoms with Gasteiger partial charge in [0.25, 0.3) is 11.6 Å². The van der Waals surface area contributed by atoms with E-state index in [-0.39, 0.29) is 40.4 Å². The number of nitro benzene ring substituents is 1. The predicted molar refractivity (Wildman–Crippen MR) is 109 cm³/mol. The summed E-state index contributed by atoms with van der Waals surface area (Å²) in [6, 6.07) is 14.5. The Bertz CT molecular complexity index is 1030. The van der Waals surface area contributed by atoms with Crippen molar-refractivity contribution in [2.75, 3.05) is 17.7 Å². The van der Waals surface area contributed by atoms with Crippen molar-refractivity contribution in [2.24, 2.45) is 0 Å². The van der Waals surface area contributed by atoms with Crippen LogP contribution in [0.1, 0.15) is 10.4 Å². The van der Waals surface area contributed by atoms with Crippen LogP contribution in [0.4, 0.5) is 10.8 Å². The molecule has 1 heterocycles. The minimum absolute atomic E-state index is 0.0425. The van der Waals surface area contributed by atoms with Gasteiger partial charge in [-0.05, 0) is 12.1 Å². The standard InChI is InChI=1S/C18H14N4O5S2/c23-15(12-5-4-6-13(9-12)22(25)26)11-28-18-21-20-17(29-18)19-16(24)10-27-14-7-2-1-3-8-14/h1-9H,10-11H2,(H,19,20,24). The number of hydrogen-bond acceptors (Lipinski definition) is 9. The molecule has 1 N–H and O–H groups in total. The molecule has 0 fully saturated rings. The highest BCUT2D eigenvalue weighted by atomic mass is 32.2. The van der Waals surface area contributed by atoms with E-state index in [4.69, 9.17) is 4.74 Å². The van der Waals surface area contributed by atoms with Crippen molar-refractivity contribution >= 4 is 45.6 Å². The van der Waals surface area contributed by atoms with Crippen molar-refractivity contribution in [3.63, 3.8) is 0 Å². The zero-order valence-corrected chi connectivity index (χ0v) is 16.4. The van der Waals surface area contributed by atoms with Gasteiger partial charge < -0.3 is 4.74 Å². The topological polar surface area (TPSA) is 124 Å². The Hall–Kier alpha value is -3.31. The van der Waals surface area contributed by atoms with Crippen molar-refractivity contribution in [1.82, 2.24) is 10.2 Å². The van der Waals surface area contributed by atoms with Crippen LogP contribution in [0.25, 0.3) is 0 Å². The molecule has 0 unspecified atom stereocenters. The molecular weight excluding hydrogens is 416 g/mol. The summed E-state index contributed by atoms with van der Waals surface area (Å²) in [7, 11) is 0. The summed E-state index contributed by atoms with van der Waals surface area (Å²) in [4.78, 5) is 34.4. The number of thioether (sulfide) groups is 1. The summed E-state index contributed by atoms with van der Waals surface area (Å²) < 4.78 is 5.84. The Labute approximate surface area is 173 Å². The summed E-state index contributed by atoms with van der Waals surface area (Å²) in [5, 5.41) is 21.4. The number of benzene rings is 2. The first-order valence-corrected chi connectivity index (χ1v) is 10.0. The van der Waals surface area contributed by atoms with E-state index >= 15 is 0 Å². The van der Waals surface area contributed by atoms with E-state index in [9.17, 15) is 19.7 Å². The van der Waals surface area contributed by atoms with Gasteiger partial charge in [-0.3, -0.25) is 25.0 Å². The van der Waals surface area contributed by atoms with E-state index in [1.54, 1.807) is 24.3 Å². The van der Waals surface area contributed by atoms with Crippen molar-refractivity contribution < 1.29 is 19.2 Å². The lowest BCUT2D eigenvalue weighted by Gasteiger charge is -2.04. The number of carbonyl (C=O) groups excluding carboxylic acids is 2. The Morgan fingerprint density at radius 3 is 2.69 bits per heavy atom. The molecule has 3 aromatic rings. The monoisotopic (exact) mass is 430 g/mol. The van der Waals surface area contributed by atoms with E-state index < -0.39 is 4.92 Å². The van der Waals surface area contributed by atoms with Gasteiger partial charge in [0, 0.05) is 17.7 Å². The number of nitrogens with one attached hydrogen (secondary N) is 1. The number of nitro groups is 1. The Balaban J connectivity index is 1.48. The fourth-order valence-corrected chi connectivity index (χ4v) is 3.81. The van der Waals surface area contributed by atoms with Crippen LogP contribution < -0.4 is 10.1 Å². The fourth-order valence-electron chi connectivity index (χ4n) is 2.14. The van der Waals surface area contributed by atoms with E-state index in [0.29, 0.717) is 10.1 Å². The largest absolute Gasteiger partial charge is 0.484 e. The third-order valence-corrected chi connectivity index (χ3v) is 5.44. The maximum Gasteiger partial charge on any atom is 0.270 e. The number of para-hydroxylation sites is 1. The minimum atomic E-state index is -0.550. The molecule has 1 amide bonds. The summed E-state index contributed by atoms with van der Waals surface area (Å²) >= 11 is 2.26. The average Bonchev–Trinajstić information content (AvgIpc) is 3.18. The van der Waals surface area contributed by atoms with E-state index in [1.165, 1.54) is 24.3 Å². The zero-order valence-electron chi connectivity index (χ0n) is 14.8. The van der Waals surface area contributed by atoms with Gasteiger partial charge in [0.05, 0.1) is 10.7 Å². The molecule has 0 saturated carbocycles. The molecule has 0 aliphatic heterocycles. The van der Waals surface area contributed by atoms with Crippen molar-refractivity contribution in [3.05, 3.63) is 70.3 Å². The molecule has 0 aliphatic rings. The second kappa shape index (κ2) is 9.75. The average molecular weight is 430 g/mol. The Morgan fingerprint density at radius 2 is 1.93 bits per heavy atom. The molecule has 11 heteroatoms. The van der Waals surface area contributed by atoms with Crippen LogP contribution in [0.2, 0.25) is 0 Å². The van der Waals surface area contributed by atoms with Crippen LogP contribution >= 0.6 is 23.1 Å². The smallest absolute Gasteiger partial charge is 0.270 e. The molecule has 148 valence electrons. The van der Waals surface area contributed by atoms with E-state index in [0.717, 1.165) is 23.1 Å². The Kier molecular flexibility index (Phi) is 6.87. The predicted octanol–water partition coefficient (Wildman–Crippen LogP) is 3.44. The number of aromatic nitrogens is 2. The first-order valence-electron chi connectivity index (χ1n) is 8.23. The maximum absolute atomic E-state index is 12.2. The third-order valence-electron chi connectivity index (χ3n) is 3.47. The molecule has 0 radical (unpaired) electrons. The highest BCUT2D eigenvalue weighted by Crippen LogP contribution is 2.26. The molecular formula is C18H14N4O5S2. The number of amides is 1. The number of hydrogen-bond donors (Lipinski definition) is 1. The summed E-state index contributed by atoms with van der Waals surface area (Å²) in [6.07, 6.45) is 0. The van der Waals surface area contributed by atoms with Crippen LogP contribution in [0.5, 0.6) is 5.75 Å². The normalized spacial score (nSPS) is 10.3. The first-order chi connectivity index (χ1) is 14.0. The maximum atomic E-state index is 12.2. The molecule has 9 nitrogen and oxygen atoms in total. The molecule has 29 heavy (non-hydrogen) atoms. The van der Waals surface area contributed by atoms with Crippen molar-refractivity contribution in [3.8, 4) is 5.75 Å². The number of nitrogens with zero attached hydrogens (tertiary/aromatic N) is 3. The number of anilines is 1. The van der Waals surface area contributed by atoms with Crippen LogP contribution in [0, 0.1) is 10.1 Å². The van der Waals surface area contributed by atoms with Gasteiger partial charge in [0.2, 0.25) is 5.13 Å². The quantitative estimate of drug-likeness (QED) is 0.180. The third kappa shape index (κ3) is 6.09.